The summed E-state index contributed by atoms with van der Waals surface area (Å²) in [6, 6.07) is 1.73. The molecule has 0 radical (unpaired) electrons. The van der Waals surface area contributed by atoms with E-state index in [9.17, 15) is 9.59 Å². The number of nitrogens with zero attached hydrogens (tertiary/aromatic N) is 2. The number of hydrogen-bond donors (Lipinski definition) is 3. The molecule has 0 atom stereocenters. The maximum absolute atomic E-state index is 11.9. The number of aryl methyl sites for hydroxylation is 1. The molecule has 7 nitrogen and oxygen atoms in total. The second-order valence-corrected chi connectivity index (χ2v) is 3.58. The highest BCUT2D eigenvalue weighted by molar-refractivity contribution is 6.08. The molecule has 0 saturated heterocycles. The molecule has 0 aliphatic carbocycles. The fraction of sp³-hybridized carbons (Fsp3) is 0.0909. The van der Waals surface area contributed by atoms with Crippen molar-refractivity contribution < 1.29 is 14.7 Å². The molecule has 0 unspecified atom stereocenters. The lowest BCUT2D eigenvalue weighted by Gasteiger charge is -2.06. The minimum absolute atomic E-state index is 0.161. The van der Waals surface area contributed by atoms with Crippen LogP contribution in [0.2, 0.25) is 0 Å². The molecule has 0 saturated carbocycles. The van der Waals surface area contributed by atoms with Crippen molar-refractivity contribution in [2.75, 3.05) is 5.32 Å². The first kappa shape index (κ1) is 11.8. The lowest BCUT2D eigenvalue weighted by Crippen LogP contribution is -2.17. The average Bonchev–Trinajstić information content (AvgIpc) is 2.81. The predicted octanol–water partition coefficient (Wildman–Crippen LogP) is 1.06. The van der Waals surface area contributed by atoms with E-state index in [0.29, 0.717) is 5.69 Å². The highest BCUT2D eigenvalue weighted by atomic mass is 16.4. The third-order valence-electron chi connectivity index (χ3n) is 2.36. The van der Waals surface area contributed by atoms with Gasteiger partial charge in [-0.3, -0.25) is 9.78 Å². The van der Waals surface area contributed by atoms with Crippen LogP contribution in [0.25, 0.3) is 0 Å². The van der Waals surface area contributed by atoms with E-state index >= 15 is 0 Å². The Morgan fingerprint density at radius 3 is 2.89 bits per heavy atom. The van der Waals surface area contributed by atoms with E-state index < -0.39 is 11.9 Å². The Balaban J connectivity index is 2.25. The molecule has 0 bridgehead atoms. The van der Waals surface area contributed by atoms with Gasteiger partial charge < -0.3 is 15.4 Å². The summed E-state index contributed by atoms with van der Waals surface area (Å²) < 4.78 is 0. The summed E-state index contributed by atoms with van der Waals surface area (Å²) in [6.07, 6.45) is 4.25. The number of imidazole rings is 1. The normalized spacial score (nSPS) is 10.1. The summed E-state index contributed by atoms with van der Waals surface area (Å²) in [5, 5.41) is 11.4. The highest BCUT2D eigenvalue weighted by Crippen LogP contribution is 2.13. The third-order valence-corrected chi connectivity index (χ3v) is 2.36. The number of pyridine rings is 1. The molecule has 2 rings (SSSR count). The van der Waals surface area contributed by atoms with Gasteiger partial charge in [0.1, 0.15) is 0 Å². The lowest BCUT2D eigenvalue weighted by molar-refractivity contribution is 0.0686. The number of aromatic amines is 1. The van der Waals surface area contributed by atoms with Gasteiger partial charge in [-0.2, -0.15) is 0 Å². The number of hydrogen-bond acceptors (Lipinski definition) is 4. The van der Waals surface area contributed by atoms with Gasteiger partial charge in [0, 0.05) is 6.20 Å². The minimum atomic E-state index is -1.24. The number of H-pyrrole nitrogens is 1. The van der Waals surface area contributed by atoms with Crippen LogP contribution in [0.15, 0.2) is 24.8 Å². The monoisotopic (exact) mass is 246 g/mol. The van der Waals surface area contributed by atoms with Crippen molar-refractivity contribution in [3.8, 4) is 0 Å². The quantitative estimate of drug-likeness (QED) is 0.750. The van der Waals surface area contributed by atoms with Gasteiger partial charge in [-0.25, -0.2) is 9.78 Å². The van der Waals surface area contributed by atoms with Crippen LogP contribution >= 0.6 is 0 Å². The zero-order chi connectivity index (χ0) is 13.1. The maximum atomic E-state index is 11.9. The van der Waals surface area contributed by atoms with E-state index in [1.165, 1.54) is 6.20 Å². The van der Waals surface area contributed by atoms with E-state index in [4.69, 9.17) is 5.11 Å². The van der Waals surface area contributed by atoms with Gasteiger partial charge >= 0.3 is 5.97 Å². The summed E-state index contributed by atoms with van der Waals surface area (Å²) in [5.41, 5.74) is 0.937. The Morgan fingerprint density at radius 1 is 1.44 bits per heavy atom. The molecule has 92 valence electrons. The van der Waals surface area contributed by atoms with E-state index in [1.54, 1.807) is 19.2 Å². The van der Waals surface area contributed by atoms with Crippen molar-refractivity contribution in [2.24, 2.45) is 0 Å². The van der Waals surface area contributed by atoms with E-state index in [-0.39, 0.29) is 11.4 Å². The second-order valence-electron chi connectivity index (χ2n) is 3.58. The summed E-state index contributed by atoms with van der Waals surface area (Å²) in [7, 11) is 0. The topological polar surface area (TPSA) is 108 Å². The fourth-order valence-electron chi connectivity index (χ4n) is 1.41. The van der Waals surface area contributed by atoms with Crippen molar-refractivity contribution in [3.63, 3.8) is 0 Å². The van der Waals surface area contributed by atoms with Crippen molar-refractivity contribution >= 4 is 17.6 Å². The number of nitrogens with one attached hydrogen (secondary N) is 2. The first-order valence-electron chi connectivity index (χ1n) is 5.08. The Labute approximate surface area is 102 Å². The van der Waals surface area contributed by atoms with Crippen LogP contribution in [0, 0.1) is 6.92 Å². The number of carboxylic acid groups (broad SMARTS) is 1. The smallest absolute Gasteiger partial charge is 0.354 e. The molecule has 7 heteroatoms. The molecule has 0 aliphatic heterocycles. The number of carboxylic acids is 1. The molecular weight excluding hydrogens is 236 g/mol. The van der Waals surface area contributed by atoms with Gasteiger partial charge in [0.05, 0.1) is 18.2 Å². The average molecular weight is 246 g/mol. The molecule has 0 aliphatic rings. The number of anilines is 1. The van der Waals surface area contributed by atoms with Gasteiger partial charge in [0.15, 0.2) is 11.4 Å². The highest BCUT2D eigenvalue weighted by Gasteiger charge is 2.20. The summed E-state index contributed by atoms with van der Waals surface area (Å²) in [4.78, 5) is 32.7. The van der Waals surface area contributed by atoms with Crippen molar-refractivity contribution in [3.05, 3.63) is 41.7 Å². The zero-order valence-electron chi connectivity index (χ0n) is 9.47. The van der Waals surface area contributed by atoms with E-state index in [1.807, 2.05) is 0 Å². The first-order valence-corrected chi connectivity index (χ1v) is 5.08. The zero-order valence-corrected chi connectivity index (χ0v) is 9.47. The molecule has 3 N–H and O–H groups in total. The number of carbonyl (C=O) groups excluding carboxylic acids is 1. The Hall–Kier alpha value is -2.70. The van der Waals surface area contributed by atoms with Crippen LogP contribution in [0.4, 0.5) is 5.69 Å². The number of aromatic nitrogens is 3. The molecular formula is C11H10N4O3. The van der Waals surface area contributed by atoms with Gasteiger partial charge in [-0.15, -0.1) is 0 Å². The summed E-state index contributed by atoms with van der Waals surface area (Å²) >= 11 is 0. The van der Waals surface area contributed by atoms with Crippen LogP contribution in [-0.2, 0) is 0 Å². The Bertz CT molecular complexity index is 606. The van der Waals surface area contributed by atoms with Gasteiger partial charge in [0.2, 0.25) is 0 Å². The Morgan fingerprint density at radius 2 is 2.22 bits per heavy atom. The molecule has 2 heterocycles. The Kier molecular flexibility index (Phi) is 3.05. The van der Waals surface area contributed by atoms with Crippen molar-refractivity contribution in [1.82, 2.24) is 15.0 Å². The molecule has 1 amide bonds. The van der Waals surface area contributed by atoms with E-state index in [2.05, 4.69) is 20.3 Å². The van der Waals surface area contributed by atoms with Crippen LogP contribution in [0.1, 0.15) is 26.5 Å². The maximum Gasteiger partial charge on any atom is 0.354 e. The SMILES string of the molecule is Cc1ccncc1NC(=O)c1nc[nH]c1C(=O)O. The first-order chi connectivity index (χ1) is 8.59. The molecule has 2 aromatic rings. The predicted molar refractivity (Wildman–Crippen MR) is 62.5 cm³/mol. The molecule has 0 spiro atoms. The number of amides is 1. The number of aromatic carboxylic acids is 1. The van der Waals surface area contributed by atoms with Gasteiger partial charge in [-0.05, 0) is 18.6 Å². The van der Waals surface area contributed by atoms with Crippen LogP contribution < -0.4 is 5.32 Å². The minimum Gasteiger partial charge on any atom is -0.477 e. The van der Waals surface area contributed by atoms with Crippen LogP contribution in [0.3, 0.4) is 0 Å². The summed E-state index contributed by atoms with van der Waals surface area (Å²) in [6.45, 7) is 1.81. The lowest BCUT2D eigenvalue weighted by atomic mass is 10.2. The van der Waals surface area contributed by atoms with Crippen molar-refractivity contribution in [2.45, 2.75) is 6.92 Å². The molecule has 2 aromatic heterocycles. The van der Waals surface area contributed by atoms with E-state index in [0.717, 1.165) is 11.9 Å². The van der Waals surface area contributed by atoms with Crippen LogP contribution in [0.5, 0.6) is 0 Å². The van der Waals surface area contributed by atoms with Crippen molar-refractivity contribution in [1.29, 1.82) is 0 Å². The second kappa shape index (κ2) is 4.66. The van der Waals surface area contributed by atoms with Gasteiger partial charge in [0.25, 0.3) is 5.91 Å². The number of carbonyl (C=O) groups is 2. The summed E-state index contributed by atoms with van der Waals surface area (Å²) in [5.74, 6) is -1.83. The molecule has 0 aromatic carbocycles. The third kappa shape index (κ3) is 2.19. The van der Waals surface area contributed by atoms with Crippen LogP contribution in [-0.4, -0.2) is 31.9 Å². The molecule has 0 fully saturated rings. The van der Waals surface area contributed by atoms with Gasteiger partial charge in [-0.1, -0.05) is 0 Å². The number of rotatable bonds is 3. The standard InChI is InChI=1S/C11H10N4O3/c1-6-2-3-12-4-7(6)15-10(16)8-9(11(17)18)14-5-13-8/h2-5H,1H3,(H,13,14)(H,15,16)(H,17,18). The fourth-order valence-corrected chi connectivity index (χ4v) is 1.41. The molecule has 18 heavy (non-hydrogen) atoms. The largest absolute Gasteiger partial charge is 0.477 e.